The van der Waals surface area contributed by atoms with Crippen LogP contribution >= 0.6 is 11.6 Å². The lowest BCUT2D eigenvalue weighted by atomic mass is 10.5. The van der Waals surface area contributed by atoms with Crippen LogP contribution in [0.5, 0.6) is 6.01 Å². The van der Waals surface area contributed by atoms with E-state index in [1.807, 2.05) is 0 Å². The van der Waals surface area contributed by atoms with Crippen LogP contribution in [0.1, 0.15) is 6.92 Å². The third kappa shape index (κ3) is 6.16. The number of hydrogen-bond acceptors (Lipinski definition) is 7. The first kappa shape index (κ1) is 15.4. The van der Waals surface area contributed by atoms with E-state index >= 15 is 0 Å². The quantitative estimate of drug-likeness (QED) is 0.655. The summed E-state index contributed by atoms with van der Waals surface area (Å²) >= 11 is 5.70. The average Bonchev–Trinajstić information content (AvgIpc) is 2.36. The maximum atomic E-state index is 11.4. The summed E-state index contributed by atoms with van der Waals surface area (Å²) in [6.07, 6.45) is 0. The molecule has 106 valence electrons. The van der Waals surface area contributed by atoms with E-state index in [2.05, 4.69) is 25.6 Å². The number of aromatic nitrogens is 3. The molecule has 0 aromatic carbocycles. The van der Waals surface area contributed by atoms with Gasteiger partial charge in [-0.15, -0.1) is 0 Å². The van der Waals surface area contributed by atoms with E-state index in [0.717, 1.165) is 0 Å². The molecule has 0 unspecified atom stereocenters. The smallest absolute Gasteiger partial charge is 0.322 e. The summed E-state index contributed by atoms with van der Waals surface area (Å²) < 4.78 is 9.92. The zero-order valence-electron chi connectivity index (χ0n) is 10.8. The van der Waals surface area contributed by atoms with Gasteiger partial charge in [-0.2, -0.15) is 15.0 Å². The maximum absolute atomic E-state index is 11.4. The van der Waals surface area contributed by atoms with E-state index in [-0.39, 0.29) is 29.7 Å². The highest BCUT2D eigenvalue weighted by atomic mass is 35.5. The minimum Gasteiger partial charge on any atom is -0.464 e. The van der Waals surface area contributed by atoms with Gasteiger partial charge in [0.2, 0.25) is 17.1 Å². The lowest BCUT2D eigenvalue weighted by molar-refractivity contribution is -0.119. The van der Waals surface area contributed by atoms with Crippen molar-refractivity contribution in [3.8, 4) is 6.01 Å². The van der Waals surface area contributed by atoms with Crippen molar-refractivity contribution < 1.29 is 14.3 Å². The Morgan fingerprint density at radius 2 is 2.16 bits per heavy atom. The molecule has 2 N–H and O–H groups in total. The molecule has 1 heterocycles. The zero-order valence-corrected chi connectivity index (χ0v) is 11.5. The van der Waals surface area contributed by atoms with Crippen LogP contribution in [-0.2, 0) is 9.53 Å². The molecule has 0 saturated heterocycles. The summed E-state index contributed by atoms with van der Waals surface area (Å²) in [5.74, 6) is -0.0168. The van der Waals surface area contributed by atoms with Gasteiger partial charge in [-0.25, -0.2) is 0 Å². The van der Waals surface area contributed by atoms with Crippen LogP contribution in [0.15, 0.2) is 0 Å². The molecule has 1 aromatic heterocycles. The van der Waals surface area contributed by atoms with Crippen LogP contribution in [0.2, 0.25) is 5.28 Å². The van der Waals surface area contributed by atoms with Crippen LogP contribution in [0.25, 0.3) is 0 Å². The summed E-state index contributed by atoms with van der Waals surface area (Å²) in [5.41, 5.74) is 0. The molecule has 0 aliphatic carbocycles. The molecule has 0 aliphatic heterocycles. The number of amides is 1. The van der Waals surface area contributed by atoms with Gasteiger partial charge in [0.1, 0.15) is 0 Å². The molecule has 0 radical (unpaired) electrons. The molecule has 1 aromatic rings. The van der Waals surface area contributed by atoms with Crippen LogP contribution in [0.4, 0.5) is 5.95 Å². The van der Waals surface area contributed by atoms with Gasteiger partial charge in [0, 0.05) is 13.7 Å². The van der Waals surface area contributed by atoms with E-state index in [0.29, 0.717) is 19.8 Å². The Morgan fingerprint density at radius 3 is 2.84 bits per heavy atom. The standard InChI is InChI=1S/C10H16ClN5O3/c1-3-19-10-15-8(11)14-9(16-10)13-6-7(17)12-4-5-18-2/h3-6H2,1-2H3,(H,12,17)(H,13,14,15,16). The number of ether oxygens (including phenoxy) is 2. The van der Waals surface area contributed by atoms with E-state index in [1.54, 1.807) is 14.0 Å². The molecule has 1 rings (SSSR count). The maximum Gasteiger partial charge on any atom is 0.322 e. The van der Waals surface area contributed by atoms with Gasteiger partial charge < -0.3 is 20.1 Å². The fourth-order valence-corrected chi connectivity index (χ4v) is 1.27. The average molecular weight is 290 g/mol. The Kier molecular flexibility index (Phi) is 6.83. The molecule has 9 heteroatoms. The SMILES string of the molecule is CCOc1nc(Cl)nc(NCC(=O)NCCOC)n1. The van der Waals surface area contributed by atoms with Gasteiger partial charge in [-0.05, 0) is 18.5 Å². The number of rotatable bonds is 8. The van der Waals surface area contributed by atoms with E-state index in [9.17, 15) is 4.79 Å². The molecule has 1 amide bonds. The molecule has 0 spiro atoms. The minimum atomic E-state index is -0.202. The first-order valence-corrected chi connectivity index (χ1v) is 6.07. The number of halogens is 1. The molecule has 19 heavy (non-hydrogen) atoms. The molecule has 0 saturated carbocycles. The second-order valence-electron chi connectivity index (χ2n) is 3.34. The summed E-state index contributed by atoms with van der Waals surface area (Å²) in [7, 11) is 1.56. The topological polar surface area (TPSA) is 98.3 Å². The Bertz CT molecular complexity index is 418. The van der Waals surface area contributed by atoms with Gasteiger partial charge >= 0.3 is 6.01 Å². The van der Waals surface area contributed by atoms with Crippen LogP contribution in [0.3, 0.4) is 0 Å². The van der Waals surface area contributed by atoms with E-state index in [1.165, 1.54) is 0 Å². The van der Waals surface area contributed by atoms with Crippen molar-refractivity contribution in [2.75, 3.05) is 38.7 Å². The molecular weight excluding hydrogens is 274 g/mol. The number of hydrogen-bond donors (Lipinski definition) is 2. The predicted molar refractivity (Wildman–Crippen MR) is 69.4 cm³/mol. The van der Waals surface area contributed by atoms with Crippen LogP contribution in [-0.4, -0.2) is 54.3 Å². The molecule has 0 atom stereocenters. The highest BCUT2D eigenvalue weighted by Gasteiger charge is 2.07. The third-order valence-corrected chi connectivity index (χ3v) is 2.07. The second-order valence-corrected chi connectivity index (χ2v) is 3.68. The third-order valence-electron chi connectivity index (χ3n) is 1.90. The Hall–Kier alpha value is -1.67. The van der Waals surface area contributed by atoms with Gasteiger partial charge in [0.05, 0.1) is 19.8 Å². The summed E-state index contributed by atoms with van der Waals surface area (Å²) in [5, 5.41) is 5.38. The lowest BCUT2D eigenvalue weighted by Crippen LogP contribution is -2.32. The first-order chi connectivity index (χ1) is 9.15. The van der Waals surface area contributed by atoms with Gasteiger partial charge in [0.25, 0.3) is 0 Å². The van der Waals surface area contributed by atoms with Crippen molar-refractivity contribution in [2.45, 2.75) is 6.92 Å². The van der Waals surface area contributed by atoms with E-state index in [4.69, 9.17) is 21.1 Å². The highest BCUT2D eigenvalue weighted by Crippen LogP contribution is 2.10. The number of nitrogens with one attached hydrogen (secondary N) is 2. The van der Waals surface area contributed by atoms with Crippen LogP contribution in [0, 0.1) is 0 Å². The normalized spacial score (nSPS) is 10.1. The number of carbonyl (C=O) groups excluding carboxylic acids is 1. The fraction of sp³-hybridized carbons (Fsp3) is 0.600. The number of methoxy groups -OCH3 is 1. The zero-order chi connectivity index (χ0) is 14.1. The molecule has 8 nitrogen and oxygen atoms in total. The number of nitrogens with zero attached hydrogens (tertiary/aromatic N) is 3. The monoisotopic (exact) mass is 289 g/mol. The molecule has 0 aliphatic rings. The van der Waals surface area contributed by atoms with Gasteiger partial charge in [-0.1, -0.05) is 0 Å². The van der Waals surface area contributed by atoms with Crippen molar-refractivity contribution in [1.29, 1.82) is 0 Å². The summed E-state index contributed by atoms with van der Waals surface area (Å²) in [6, 6.07) is 0.116. The first-order valence-electron chi connectivity index (χ1n) is 5.69. The fourth-order valence-electron chi connectivity index (χ4n) is 1.12. The van der Waals surface area contributed by atoms with Crippen molar-refractivity contribution in [3.05, 3.63) is 5.28 Å². The predicted octanol–water partition coefficient (Wildman–Crippen LogP) is 0.0982. The van der Waals surface area contributed by atoms with Crippen molar-refractivity contribution >= 4 is 23.5 Å². The van der Waals surface area contributed by atoms with Crippen molar-refractivity contribution in [3.63, 3.8) is 0 Å². The number of anilines is 1. The molecular formula is C10H16ClN5O3. The Morgan fingerprint density at radius 1 is 1.37 bits per heavy atom. The van der Waals surface area contributed by atoms with Crippen molar-refractivity contribution in [2.24, 2.45) is 0 Å². The summed E-state index contributed by atoms with van der Waals surface area (Å²) in [4.78, 5) is 23.0. The summed E-state index contributed by atoms with van der Waals surface area (Å²) in [6.45, 7) is 3.14. The number of carbonyl (C=O) groups is 1. The van der Waals surface area contributed by atoms with E-state index < -0.39 is 0 Å². The largest absolute Gasteiger partial charge is 0.464 e. The van der Waals surface area contributed by atoms with Gasteiger partial charge in [0.15, 0.2) is 0 Å². The Labute approximate surface area is 115 Å². The van der Waals surface area contributed by atoms with Crippen molar-refractivity contribution in [1.82, 2.24) is 20.3 Å². The van der Waals surface area contributed by atoms with Gasteiger partial charge in [-0.3, -0.25) is 4.79 Å². The Balaban J connectivity index is 2.45. The molecule has 0 fully saturated rings. The molecule has 0 bridgehead atoms. The van der Waals surface area contributed by atoms with Crippen LogP contribution < -0.4 is 15.4 Å². The highest BCUT2D eigenvalue weighted by molar-refractivity contribution is 6.28. The second kappa shape index (κ2) is 8.44. The minimum absolute atomic E-state index is 0.000686. The lowest BCUT2D eigenvalue weighted by Gasteiger charge is -2.07.